The van der Waals surface area contributed by atoms with Crippen molar-refractivity contribution in [2.45, 2.75) is 104 Å². The summed E-state index contributed by atoms with van der Waals surface area (Å²) < 4.78 is 11.2. The molecule has 2 N–H and O–H groups in total. The molecule has 3 fully saturated rings. The van der Waals surface area contributed by atoms with Crippen molar-refractivity contribution in [2.75, 3.05) is 26.2 Å². The minimum absolute atomic E-state index is 0.158. The van der Waals surface area contributed by atoms with Crippen LogP contribution in [0.2, 0.25) is 0 Å². The molecule has 0 aromatic heterocycles. The zero-order chi connectivity index (χ0) is 25.8. The molecule has 8 nitrogen and oxygen atoms in total. The average Bonchev–Trinajstić information content (AvgIpc) is 3.09. The molecule has 2 amide bonds. The van der Waals surface area contributed by atoms with Gasteiger partial charge in [-0.2, -0.15) is 0 Å². The number of hydrazine groups is 1. The number of hydrogen-bond donors (Lipinski definition) is 2. The van der Waals surface area contributed by atoms with Crippen LogP contribution in [0.5, 0.6) is 0 Å². The highest BCUT2D eigenvalue weighted by Gasteiger charge is 2.49. The first kappa shape index (κ1) is 26.1. The molecule has 5 rings (SSSR count). The van der Waals surface area contributed by atoms with Crippen LogP contribution in [-0.2, 0) is 9.47 Å². The fraction of sp³-hybridized carbons (Fsp3) is 0.852. The van der Waals surface area contributed by atoms with E-state index in [-0.39, 0.29) is 23.1 Å². The van der Waals surface area contributed by atoms with Crippen molar-refractivity contribution in [3.05, 3.63) is 11.3 Å². The topological polar surface area (TPSA) is 83.1 Å². The molecule has 2 bridgehead atoms. The van der Waals surface area contributed by atoms with Crippen molar-refractivity contribution in [2.24, 2.45) is 17.3 Å². The van der Waals surface area contributed by atoms with E-state index in [9.17, 15) is 9.59 Å². The molecule has 2 heterocycles. The van der Waals surface area contributed by atoms with Gasteiger partial charge in [-0.15, -0.1) is 0 Å². The number of nitrogens with zero attached hydrogens (tertiary/aromatic N) is 2. The summed E-state index contributed by atoms with van der Waals surface area (Å²) in [7, 11) is 0. The summed E-state index contributed by atoms with van der Waals surface area (Å²) in [5, 5.41) is 5.63. The van der Waals surface area contributed by atoms with Crippen LogP contribution < -0.4 is 10.7 Å². The Labute approximate surface area is 211 Å². The van der Waals surface area contributed by atoms with Gasteiger partial charge in [0, 0.05) is 42.8 Å². The standard InChI is InChI=1S/C27H46N4O4/c1-24(2,3)34-22(32)29-27-11-9-18(10-12-27)19(13-27)16-31-21-20(14-28-31)15-30(17-26(21,7)8)23(33)35-25(4,5)6/h18-19,28H,9-17H2,1-8H3,(H,29,32). The zero-order valence-electron chi connectivity index (χ0n) is 23.0. The number of rotatable bonds is 3. The number of amides is 2. The smallest absolute Gasteiger partial charge is 0.410 e. The van der Waals surface area contributed by atoms with Gasteiger partial charge < -0.3 is 24.7 Å². The van der Waals surface area contributed by atoms with E-state index in [0.29, 0.717) is 24.9 Å². The molecule has 1 unspecified atom stereocenters. The maximum atomic E-state index is 12.8. The van der Waals surface area contributed by atoms with Gasteiger partial charge in [0.1, 0.15) is 11.2 Å². The molecule has 35 heavy (non-hydrogen) atoms. The molecule has 2 aliphatic heterocycles. The van der Waals surface area contributed by atoms with E-state index >= 15 is 0 Å². The van der Waals surface area contributed by atoms with Crippen LogP contribution in [0.3, 0.4) is 0 Å². The summed E-state index contributed by atoms with van der Waals surface area (Å²) in [4.78, 5) is 27.2. The average molecular weight is 491 g/mol. The third-order valence-corrected chi connectivity index (χ3v) is 7.84. The van der Waals surface area contributed by atoms with Gasteiger partial charge in [-0.05, 0) is 91.1 Å². The summed E-state index contributed by atoms with van der Waals surface area (Å²) in [6, 6.07) is 0. The van der Waals surface area contributed by atoms with Crippen molar-refractivity contribution in [1.82, 2.24) is 20.7 Å². The van der Waals surface area contributed by atoms with E-state index in [1.54, 1.807) is 0 Å². The van der Waals surface area contributed by atoms with E-state index in [1.807, 2.05) is 46.4 Å². The highest BCUT2D eigenvalue weighted by atomic mass is 16.6. The van der Waals surface area contributed by atoms with E-state index in [4.69, 9.17) is 9.47 Å². The molecular weight excluding hydrogens is 444 g/mol. The fourth-order valence-corrected chi connectivity index (χ4v) is 6.65. The van der Waals surface area contributed by atoms with E-state index in [1.165, 1.54) is 11.3 Å². The van der Waals surface area contributed by atoms with Crippen LogP contribution in [-0.4, -0.2) is 65.0 Å². The van der Waals surface area contributed by atoms with E-state index in [2.05, 4.69) is 29.6 Å². The zero-order valence-corrected chi connectivity index (χ0v) is 23.0. The highest BCUT2D eigenvalue weighted by Crippen LogP contribution is 2.49. The Balaban J connectivity index is 1.44. The molecule has 8 heteroatoms. The van der Waals surface area contributed by atoms with Crippen LogP contribution in [0.15, 0.2) is 11.3 Å². The Hall–Kier alpha value is -1.96. The van der Waals surface area contributed by atoms with Gasteiger partial charge in [0.25, 0.3) is 0 Å². The molecule has 1 atom stereocenters. The van der Waals surface area contributed by atoms with Gasteiger partial charge in [-0.25, -0.2) is 15.0 Å². The van der Waals surface area contributed by atoms with Gasteiger partial charge in [0.15, 0.2) is 0 Å². The quantitative estimate of drug-likeness (QED) is 0.591. The van der Waals surface area contributed by atoms with Gasteiger partial charge in [0.2, 0.25) is 0 Å². The molecule has 0 saturated heterocycles. The molecule has 3 saturated carbocycles. The molecule has 0 radical (unpaired) electrons. The fourth-order valence-electron chi connectivity index (χ4n) is 6.65. The molecule has 3 aliphatic carbocycles. The van der Waals surface area contributed by atoms with Crippen molar-refractivity contribution in [3.8, 4) is 0 Å². The number of ether oxygens (including phenoxy) is 2. The number of carbonyl (C=O) groups excluding carboxylic acids is 2. The van der Waals surface area contributed by atoms with Crippen LogP contribution in [0.1, 0.15) is 87.5 Å². The maximum absolute atomic E-state index is 12.8. The van der Waals surface area contributed by atoms with Crippen molar-refractivity contribution in [3.63, 3.8) is 0 Å². The first-order valence-electron chi connectivity index (χ1n) is 13.3. The van der Waals surface area contributed by atoms with Gasteiger partial charge >= 0.3 is 12.2 Å². The lowest BCUT2D eigenvalue weighted by molar-refractivity contribution is 0.00192. The first-order valence-corrected chi connectivity index (χ1v) is 13.3. The third kappa shape index (κ3) is 5.89. The van der Waals surface area contributed by atoms with Crippen LogP contribution in [0.4, 0.5) is 9.59 Å². The second-order valence-electron chi connectivity index (χ2n) is 13.8. The molecular formula is C27H46N4O4. The van der Waals surface area contributed by atoms with Crippen molar-refractivity contribution < 1.29 is 19.1 Å². The van der Waals surface area contributed by atoms with Crippen molar-refractivity contribution in [1.29, 1.82) is 0 Å². The Kier molecular flexibility index (Phi) is 6.61. The number of hydrogen-bond acceptors (Lipinski definition) is 6. The number of alkyl carbamates (subject to hydrolysis) is 1. The summed E-state index contributed by atoms with van der Waals surface area (Å²) in [6.45, 7) is 18.8. The Morgan fingerprint density at radius 3 is 2.29 bits per heavy atom. The number of fused-ring (bicyclic) bond motifs is 3. The molecule has 5 aliphatic rings. The van der Waals surface area contributed by atoms with Crippen LogP contribution >= 0.6 is 0 Å². The second kappa shape index (κ2) is 8.86. The summed E-state index contributed by atoms with van der Waals surface area (Å²) in [5.74, 6) is 1.19. The highest BCUT2D eigenvalue weighted by molar-refractivity contribution is 5.69. The predicted octanol–water partition coefficient (Wildman–Crippen LogP) is 4.81. The van der Waals surface area contributed by atoms with Crippen molar-refractivity contribution >= 4 is 12.2 Å². The van der Waals surface area contributed by atoms with Gasteiger partial charge in [-0.1, -0.05) is 13.8 Å². The molecule has 198 valence electrons. The molecule has 0 aromatic carbocycles. The second-order valence-corrected chi connectivity index (χ2v) is 13.8. The monoisotopic (exact) mass is 490 g/mol. The SMILES string of the molecule is CC(C)(C)OC(=O)NC12CCC(CC1)C(CN1NCC3=C1C(C)(C)CN(C(=O)OC(C)(C)C)C3)C2. The molecule has 0 aromatic rings. The lowest BCUT2D eigenvalue weighted by Gasteiger charge is -2.52. The Morgan fingerprint density at radius 2 is 1.69 bits per heavy atom. The predicted molar refractivity (Wildman–Crippen MR) is 135 cm³/mol. The number of carbonyl (C=O) groups is 2. The lowest BCUT2D eigenvalue weighted by atomic mass is 9.60. The van der Waals surface area contributed by atoms with Crippen LogP contribution in [0.25, 0.3) is 0 Å². The first-order chi connectivity index (χ1) is 16.1. The maximum Gasteiger partial charge on any atom is 0.410 e. The number of nitrogens with one attached hydrogen (secondary N) is 2. The third-order valence-electron chi connectivity index (χ3n) is 7.84. The van der Waals surface area contributed by atoms with Gasteiger partial charge in [-0.3, -0.25) is 0 Å². The summed E-state index contributed by atoms with van der Waals surface area (Å²) >= 11 is 0. The largest absolute Gasteiger partial charge is 0.444 e. The normalized spacial score (nSPS) is 30.3. The minimum atomic E-state index is -0.501. The van der Waals surface area contributed by atoms with E-state index < -0.39 is 11.2 Å². The van der Waals surface area contributed by atoms with Gasteiger partial charge in [0.05, 0.1) is 0 Å². The minimum Gasteiger partial charge on any atom is -0.444 e. The Morgan fingerprint density at radius 1 is 1.06 bits per heavy atom. The lowest BCUT2D eigenvalue weighted by Crippen LogP contribution is -2.59. The molecule has 0 spiro atoms. The summed E-state index contributed by atoms with van der Waals surface area (Å²) in [5.41, 5.74) is 4.90. The Bertz CT molecular complexity index is 875. The van der Waals surface area contributed by atoms with E-state index in [0.717, 1.165) is 45.2 Å². The summed E-state index contributed by atoms with van der Waals surface area (Å²) in [6.07, 6.45) is 4.82. The van der Waals surface area contributed by atoms with Crippen LogP contribution in [0, 0.1) is 17.3 Å².